The van der Waals surface area contributed by atoms with Crippen molar-refractivity contribution in [1.82, 2.24) is 5.43 Å². The van der Waals surface area contributed by atoms with Gasteiger partial charge in [-0.3, -0.25) is 4.79 Å². The van der Waals surface area contributed by atoms with Crippen molar-refractivity contribution in [3.05, 3.63) is 59.1 Å². The molecule has 0 radical (unpaired) electrons. The van der Waals surface area contributed by atoms with Crippen molar-refractivity contribution >= 4 is 23.7 Å². The minimum absolute atomic E-state index is 0.148. The quantitative estimate of drug-likeness (QED) is 0.699. The first-order chi connectivity index (χ1) is 10.7. The van der Waals surface area contributed by atoms with Gasteiger partial charge in [-0.15, -0.1) is 0 Å². The lowest BCUT2D eigenvalue weighted by Crippen LogP contribution is -2.42. The standard InChI is InChI=1S/C16H13ClN2O3/c17-12-5-3-4-11(8-12)9-18-19-16(20)15-10-21-13-6-1-2-7-14(13)22-15/h1-9,15H,10H2,(H,19,20)/t15-/m0/s1. The number of hydrogen-bond acceptors (Lipinski definition) is 4. The Morgan fingerprint density at radius 2 is 2.05 bits per heavy atom. The molecule has 1 aliphatic heterocycles. The summed E-state index contributed by atoms with van der Waals surface area (Å²) in [6, 6.07) is 14.4. The van der Waals surface area contributed by atoms with E-state index in [0.29, 0.717) is 16.5 Å². The number of nitrogens with one attached hydrogen (secondary N) is 1. The molecule has 0 bridgehead atoms. The second-order valence-corrected chi connectivity index (χ2v) is 5.09. The summed E-state index contributed by atoms with van der Waals surface area (Å²) in [5.74, 6) is 0.814. The van der Waals surface area contributed by atoms with Crippen molar-refractivity contribution in [1.29, 1.82) is 0 Å². The molecule has 1 aliphatic rings. The predicted molar refractivity (Wildman–Crippen MR) is 83.5 cm³/mol. The third kappa shape index (κ3) is 3.38. The van der Waals surface area contributed by atoms with E-state index in [1.807, 2.05) is 18.2 Å². The summed E-state index contributed by atoms with van der Waals surface area (Å²) in [5, 5.41) is 4.50. The highest BCUT2D eigenvalue weighted by molar-refractivity contribution is 6.30. The molecule has 0 fully saturated rings. The van der Waals surface area contributed by atoms with Crippen LogP contribution in [0.5, 0.6) is 11.5 Å². The van der Waals surface area contributed by atoms with Crippen LogP contribution >= 0.6 is 11.6 Å². The number of hydrazone groups is 1. The molecule has 6 heteroatoms. The van der Waals surface area contributed by atoms with Crippen LogP contribution in [0.1, 0.15) is 5.56 Å². The Bertz CT molecular complexity index is 718. The van der Waals surface area contributed by atoms with Gasteiger partial charge in [0.05, 0.1) is 6.21 Å². The van der Waals surface area contributed by atoms with Gasteiger partial charge in [-0.2, -0.15) is 5.10 Å². The molecule has 1 atom stereocenters. The summed E-state index contributed by atoms with van der Waals surface area (Å²) >= 11 is 5.87. The van der Waals surface area contributed by atoms with E-state index in [9.17, 15) is 4.79 Å². The number of carbonyl (C=O) groups is 1. The number of halogens is 1. The van der Waals surface area contributed by atoms with Gasteiger partial charge >= 0.3 is 0 Å². The number of rotatable bonds is 3. The van der Waals surface area contributed by atoms with Crippen LogP contribution < -0.4 is 14.9 Å². The minimum atomic E-state index is -0.730. The summed E-state index contributed by atoms with van der Waals surface area (Å²) < 4.78 is 11.1. The average Bonchev–Trinajstić information content (AvgIpc) is 2.54. The molecule has 0 aromatic heterocycles. The number of nitrogens with zero attached hydrogens (tertiary/aromatic N) is 1. The molecule has 0 spiro atoms. The molecule has 22 heavy (non-hydrogen) atoms. The molecule has 112 valence electrons. The fraction of sp³-hybridized carbons (Fsp3) is 0.125. The van der Waals surface area contributed by atoms with Gasteiger partial charge in [-0.25, -0.2) is 5.43 Å². The molecular formula is C16H13ClN2O3. The van der Waals surface area contributed by atoms with Crippen LogP contribution in [0.3, 0.4) is 0 Å². The van der Waals surface area contributed by atoms with Gasteiger partial charge in [-0.1, -0.05) is 35.9 Å². The Kier molecular flexibility index (Phi) is 4.25. The normalized spacial score (nSPS) is 16.5. The largest absolute Gasteiger partial charge is 0.485 e. The minimum Gasteiger partial charge on any atom is -0.485 e. The van der Waals surface area contributed by atoms with Crippen LogP contribution in [-0.2, 0) is 4.79 Å². The van der Waals surface area contributed by atoms with Crippen LogP contribution in [0.25, 0.3) is 0 Å². The Labute approximate surface area is 132 Å². The van der Waals surface area contributed by atoms with Crippen LogP contribution in [-0.4, -0.2) is 24.8 Å². The third-order valence-corrected chi connectivity index (χ3v) is 3.27. The van der Waals surface area contributed by atoms with Crippen LogP contribution in [0.2, 0.25) is 5.02 Å². The second-order valence-electron chi connectivity index (χ2n) is 4.65. The van der Waals surface area contributed by atoms with Gasteiger partial charge in [0, 0.05) is 5.02 Å². The molecule has 0 aliphatic carbocycles. The molecule has 1 N–H and O–H groups in total. The SMILES string of the molecule is O=C(NN=Cc1cccc(Cl)c1)[C@@H]1COc2ccccc2O1. The van der Waals surface area contributed by atoms with E-state index in [1.165, 1.54) is 6.21 Å². The third-order valence-electron chi connectivity index (χ3n) is 3.04. The van der Waals surface area contributed by atoms with E-state index in [1.54, 1.807) is 30.3 Å². The second kappa shape index (κ2) is 6.49. The van der Waals surface area contributed by atoms with Crippen LogP contribution in [0, 0.1) is 0 Å². The van der Waals surface area contributed by atoms with E-state index in [-0.39, 0.29) is 12.5 Å². The maximum atomic E-state index is 12.0. The summed E-state index contributed by atoms with van der Waals surface area (Å²) in [4.78, 5) is 12.0. The van der Waals surface area contributed by atoms with E-state index in [0.717, 1.165) is 5.56 Å². The number of ether oxygens (including phenoxy) is 2. The fourth-order valence-corrected chi connectivity index (χ4v) is 2.18. The number of para-hydroxylation sites is 2. The Morgan fingerprint density at radius 3 is 2.86 bits per heavy atom. The Morgan fingerprint density at radius 1 is 1.23 bits per heavy atom. The Balaban J connectivity index is 1.59. The number of benzene rings is 2. The van der Waals surface area contributed by atoms with E-state index in [2.05, 4.69) is 10.5 Å². The molecule has 0 saturated carbocycles. The zero-order valence-corrected chi connectivity index (χ0v) is 12.3. The molecule has 2 aromatic rings. The lowest BCUT2D eigenvalue weighted by Gasteiger charge is -2.24. The summed E-state index contributed by atoms with van der Waals surface area (Å²) in [7, 11) is 0. The summed E-state index contributed by atoms with van der Waals surface area (Å²) in [6.45, 7) is 0.148. The lowest BCUT2D eigenvalue weighted by atomic mass is 10.2. The molecule has 5 nitrogen and oxygen atoms in total. The zero-order valence-electron chi connectivity index (χ0n) is 11.5. The topological polar surface area (TPSA) is 59.9 Å². The Hall–Kier alpha value is -2.53. The van der Waals surface area contributed by atoms with Gasteiger partial charge in [0.1, 0.15) is 6.61 Å². The van der Waals surface area contributed by atoms with Gasteiger partial charge in [0.15, 0.2) is 11.5 Å². The van der Waals surface area contributed by atoms with Gasteiger partial charge in [-0.05, 0) is 29.8 Å². The van der Waals surface area contributed by atoms with E-state index < -0.39 is 6.10 Å². The molecule has 3 rings (SSSR count). The molecule has 0 unspecified atom stereocenters. The van der Waals surface area contributed by atoms with Crippen molar-refractivity contribution in [2.75, 3.05) is 6.61 Å². The monoisotopic (exact) mass is 316 g/mol. The number of fused-ring (bicyclic) bond motifs is 1. The van der Waals surface area contributed by atoms with Crippen LogP contribution in [0.4, 0.5) is 0 Å². The van der Waals surface area contributed by atoms with Crippen molar-refractivity contribution in [2.24, 2.45) is 5.10 Å². The molecule has 0 saturated heterocycles. The number of hydrogen-bond donors (Lipinski definition) is 1. The number of amides is 1. The molecule has 1 amide bonds. The van der Waals surface area contributed by atoms with Gasteiger partial charge in [0.25, 0.3) is 5.91 Å². The first-order valence-electron chi connectivity index (χ1n) is 6.69. The van der Waals surface area contributed by atoms with Crippen molar-refractivity contribution in [2.45, 2.75) is 6.10 Å². The molecular weight excluding hydrogens is 304 g/mol. The van der Waals surface area contributed by atoms with Gasteiger partial charge in [0.2, 0.25) is 6.10 Å². The fourth-order valence-electron chi connectivity index (χ4n) is 1.98. The summed E-state index contributed by atoms with van der Waals surface area (Å²) in [5.41, 5.74) is 3.22. The zero-order chi connectivity index (χ0) is 15.4. The predicted octanol–water partition coefficient (Wildman–Crippen LogP) is 2.63. The highest BCUT2D eigenvalue weighted by Crippen LogP contribution is 2.30. The molecule has 1 heterocycles. The van der Waals surface area contributed by atoms with Crippen molar-refractivity contribution in [3.8, 4) is 11.5 Å². The van der Waals surface area contributed by atoms with E-state index >= 15 is 0 Å². The molecule has 2 aromatic carbocycles. The highest BCUT2D eigenvalue weighted by atomic mass is 35.5. The first kappa shape index (κ1) is 14.4. The maximum Gasteiger partial charge on any atom is 0.284 e. The van der Waals surface area contributed by atoms with Crippen molar-refractivity contribution < 1.29 is 14.3 Å². The first-order valence-corrected chi connectivity index (χ1v) is 7.07. The smallest absolute Gasteiger partial charge is 0.284 e. The van der Waals surface area contributed by atoms with Crippen LogP contribution in [0.15, 0.2) is 53.6 Å². The summed E-state index contributed by atoms with van der Waals surface area (Å²) in [6.07, 6.45) is 0.785. The van der Waals surface area contributed by atoms with E-state index in [4.69, 9.17) is 21.1 Å². The lowest BCUT2D eigenvalue weighted by molar-refractivity contribution is -0.130. The van der Waals surface area contributed by atoms with Gasteiger partial charge < -0.3 is 9.47 Å². The average molecular weight is 317 g/mol. The number of carbonyl (C=O) groups excluding carboxylic acids is 1. The highest BCUT2D eigenvalue weighted by Gasteiger charge is 2.26. The maximum absolute atomic E-state index is 12.0. The van der Waals surface area contributed by atoms with Crippen molar-refractivity contribution in [3.63, 3.8) is 0 Å².